The lowest BCUT2D eigenvalue weighted by atomic mass is 10.3. The summed E-state index contributed by atoms with van der Waals surface area (Å²) in [7, 11) is 1.59. The monoisotopic (exact) mass is 389 g/mol. The van der Waals surface area contributed by atoms with Crippen LogP contribution in [0.25, 0.3) is 0 Å². The Labute approximate surface area is 158 Å². The predicted octanol–water partition coefficient (Wildman–Crippen LogP) is 3.48. The number of nitrogens with one attached hydrogen (secondary N) is 1. The number of thiazole rings is 1. The highest BCUT2D eigenvalue weighted by Gasteiger charge is 2.10. The van der Waals surface area contributed by atoms with Crippen LogP contribution < -0.4 is 21.3 Å². The number of nitrogen functional groups attached to an aromatic ring is 1. The third-order valence-corrected chi connectivity index (χ3v) is 4.73. The molecule has 0 saturated carbocycles. The second kappa shape index (κ2) is 7.59. The first-order valence-electron chi connectivity index (χ1n) is 7.58. The van der Waals surface area contributed by atoms with Crippen LogP contribution in [-0.4, -0.2) is 23.0 Å². The molecule has 3 N–H and O–H groups in total. The molecule has 134 valence electrons. The van der Waals surface area contributed by atoms with Crippen molar-refractivity contribution in [3.8, 4) is 5.75 Å². The first-order chi connectivity index (χ1) is 12.5. The third-order valence-electron chi connectivity index (χ3n) is 3.43. The third kappa shape index (κ3) is 3.87. The lowest BCUT2D eigenvalue weighted by molar-refractivity contribution is 0.417. The molecule has 0 fully saturated rings. The Morgan fingerprint density at radius 1 is 1.38 bits per heavy atom. The standard InChI is InChI=1S/C17H16ClN5O2S/c1-10-7-14(19)23(15(24)8-10)20-9-13-16(18)22-17(26-13)21-11-5-3-4-6-12(11)25-2/h3-9H,19H2,1-2H3,(H,21,22)/b20-9+. The van der Waals surface area contributed by atoms with E-state index >= 15 is 0 Å². The fourth-order valence-corrected chi connectivity index (χ4v) is 3.30. The summed E-state index contributed by atoms with van der Waals surface area (Å²) in [4.78, 5) is 16.8. The summed E-state index contributed by atoms with van der Waals surface area (Å²) in [6.45, 7) is 1.79. The van der Waals surface area contributed by atoms with Crippen molar-refractivity contribution in [2.45, 2.75) is 6.92 Å². The number of ether oxygens (including phenoxy) is 1. The molecule has 26 heavy (non-hydrogen) atoms. The molecule has 3 rings (SSSR count). The van der Waals surface area contributed by atoms with E-state index in [1.165, 1.54) is 23.6 Å². The van der Waals surface area contributed by atoms with Gasteiger partial charge in [-0.3, -0.25) is 4.79 Å². The van der Waals surface area contributed by atoms with Gasteiger partial charge in [-0.15, -0.1) is 0 Å². The highest BCUT2D eigenvalue weighted by molar-refractivity contribution is 7.17. The van der Waals surface area contributed by atoms with Crippen LogP contribution in [0, 0.1) is 6.92 Å². The zero-order valence-electron chi connectivity index (χ0n) is 14.1. The number of pyridine rings is 1. The number of benzene rings is 1. The molecule has 1 aromatic carbocycles. The number of aromatic nitrogens is 2. The average molecular weight is 390 g/mol. The van der Waals surface area contributed by atoms with Crippen molar-refractivity contribution >= 4 is 45.8 Å². The van der Waals surface area contributed by atoms with Crippen LogP contribution in [0.15, 0.2) is 46.3 Å². The van der Waals surface area contributed by atoms with E-state index in [2.05, 4.69) is 15.4 Å². The first-order valence-corrected chi connectivity index (χ1v) is 8.77. The second-order valence-corrected chi connectivity index (χ2v) is 6.74. The molecule has 3 aromatic rings. The quantitative estimate of drug-likeness (QED) is 0.651. The van der Waals surface area contributed by atoms with E-state index < -0.39 is 0 Å². The van der Waals surface area contributed by atoms with Gasteiger partial charge in [-0.05, 0) is 30.7 Å². The van der Waals surface area contributed by atoms with E-state index in [-0.39, 0.29) is 16.5 Å². The lowest BCUT2D eigenvalue weighted by Crippen LogP contribution is -2.19. The molecule has 0 saturated heterocycles. The number of para-hydroxylation sites is 2. The number of hydrogen-bond acceptors (Lipinski definition) is 7. The maximum atomic E-state index is 12.0. The van der Waals surface area contributed by atoms with Gasteiger partial charge in [0.1, 0.15) is 11.6 Å². The van der Waals surface area contributed by atoms with Crippen molar-refractivity contribution in [2.75, 3.05) is 18.2 Å². The lowest BCUT2D eigenvalue weighted by Gasteiger charge is -2.07. The minimum Gasteiger partial charge on any atom is -0.495 e. The molecule has 2 aromatic heterocycles. The van der Waals surface area contributed by atoms with Crippen molar-refractivity contribution in [1.82, 2.24) is 9.66 Å². The van der Waals surface area contributed by atoms with Gasteiger partial charge in [0.25, 0.3) is 5.56 Å². The summed E-state index contributed by atoms with van der Waals surface area (Å²) in [5, 5.41) is 8.12. The van der Waals surface area contributed by atoms with Crippen molar-refractivity contribution < 1.29 is 4.74 Å². The minimum absolute atomic E-state index is 0.249. The fraction of sp³-hybridized carbons (Fsp3) is 0.118. The molecule has 0 aliphatic rings. The van der Waals surface area contributed by atoms with Crippen molar-refractivity contribution in [3.05, 3.63) is 62.3 Å². The van der Waals surface area contributed by atoms with Crippen molar-refractivity contribution in [3.63, 3.8) is 0 Å². The Hall–Kier alpha value is -2.84. The van der Waals surface area contributed by atoms with Gasteiger partial charge in [0.05, 0.1) is 23.9 Å². The first kappa shape index (κ1) is 18.0. The number of hydrogen-bond donors (Lipinski definition) is 2. The number of nitrogens with zero attached hydrogens (tertiary/aromatic N) is 3. The molecule has 0 amide bonds. The molecule has 0 aliphatic heterocycles. The summed E-state index contributed by atoms with van der Waals surface area (Å²) in [5.74, 6) is 0.937. The van der Waals surface area contributed by atoms with Crippen LogP contribution in [0.1, 0.15) is 10.4 Å². The molecule has 2 heterocycles. The normalized spacial score (nSPS) is 11.0. The molecular formula is C17H16ClN5O2S. The number of anilines is 3. The Morgan fingerprint density at radius 2 is 2.15 bits per heavy atom. The SMILES string of the molecule is COc1ccccc1Nc1nc(Cl)c(/C=N/n2c(N)cc(C)cc2=O)s1. The van der Waals surface area contributed by atoms with Crippen molar-refractivity contribution in [1.29, 1.82) is 0 Å². The highest BCUT2D eigenvalue weighted by atomic mass is 35.5. The van der Waals surface area contributed by atoms with Crippen LogP contribution >= 0.6 is 22.9 Å². The molecular weight excluding hydrogens is 374 g/mol. The Kier molecular flexibility index (Phi) is 5.24. The topological polar surface area (TPSA) is 94.5 Å². The fourth-order valence-electron chi connectivity index (χ4n) is 2.26. The highest BCUT2D eigenvalue weighted by Crippen LogP contribution is 2.31. The average Bonchev–Trinajstić information content (AvgIpc) is 2.94. The number of rotatable bonds is 5. The van der Waals surface area contributed by atoms with Gasteiger partial charge in [-0.2, -0.15) is 9.78 Å². The van der Waals surface area contributed by atoms with Crippen LogP contribution in [-0.2, 0) is 0 Å². The van der Waals surface area contributed by atoms with Crippen LogP contribution in [0.5, 0.6) is 5.75 Å². The number of aryl methyl sites for hydroxylation is 1. The van der Waals surface area contributed by atoms with Gasteiger partial charge in [0, 0.05) is 6.07 Å². The molecule has 7 nitrogen and oxygen atoms in total. The van der Waals surface area contributed by atoms with Gasteiger partial charge < -0.3 is 15.8 Å². The Morgan fingerprint density at radius 3 is 2.88 bits per heavy atom. The number of halogens is 1. The van der Waals surface area contributed by atoms with E-state index in [0.29, 0.717) is 15.8 Å². The van der Waals surface area contributed by atoms with Crippen LogP contribution in [0.3, 0.4) is 0 Å². The van der Waals surface area contributed by atoms with E-state index in [1.54, 1.807) is 20.1 Å². The van der Waals surface area contributed by atoms with Gasteiger partial charge in [-0.1, -0.05) is 35.1 Å². The molecule has 0 bridgehead atoms. The molecule has 0 aliphatic carbocycles. The van der Waals surface area contributed by atoms with Gasteiger partial charge in [0.15, 0.2) is 10.3 Å². The maximum Gasteiger partial charge on any atom is 0.273 e. The largest absolute Gasteiger partial charge is 0.495 e. The number of methoxy groups -OCH3 is 1. The van der Waals surface area contributed by atoms with Gasteiger partial charge >= 0.3 is 0 Å². The van der Waals surface area contributed by atoms with E-state index in [4.69, 9.17) is 22.1 Å². The van der Waals surface area contributed by atoms with E-state index in [0.717, 1.165) is 15.9 Å². The molecule has 0 radical (unpaired) electrons. The zero-order valence-corrected chi connectivity index (χ0v) is 15.6. The summed E-state index contributed by atoms with van der Waals surface area (Å²) >= 11 is 7.47. The van der Waals surface area contributed by atoms with E-state index in [1.807, 2.05) is 24.3 Å². The molecule has 0 spiro atoms. The smallest absolute Gasteiger partial charge is 0.273 e. The van der Waals surface area contributed by atoms with Crippen LogP contribution in [0.2, 0.25) is 5.15 Å². The van der Waals surface area contributed by atoms with Gasteiger partial charge in [-0.25, -0.2) is 4.98 Å². The van der Waals surface area contributed by atoms with E-state index in [9.17, 15) is 4.79 Å². The predicted molar refractivity (Wildman–Crippen MR) is 106 cm³/mol. The molecule has 0 atom stereocenters. The molecule has 0 unspecified atom stereocenters. The Balaban J connectivity index is 1.86. The minimum atomic E-state index is -0.313. The summed E-state index contributed by atoms with van der Waals surface area (Å²) < 4.78 is 6.41. The summed E-state index contributed by atoms with van der Waals surface area (Å²) in [5.41, 5.74) is 7.07. The summed E-state index contributed by atoms with van der Waals surface area (Å²) in [6, 6.07) is 10.6. The Bertz CT molecular complexity index is 1030. The number of nitrogens with two attached hydrogens (primary N) is 1. The summed E-state index contributed by atoms with van der Waals surface area (Å²) in [6.07, 6.45) is 1.46. The second-order valence-electron chi connectivity index (χ2n) is 5.35. The van der Waals surface area contributed by atoms with Crippen LogP contribution in [0.4, 0.5) is 16.6 Å². The van der Waals surface area contributed by atoms with Crippen molar-refractivity contribution in [2.24, 2.45) is 5.10 Å². The molecule has 9 heteroatoms. The maximum absolute atomic E-state index is 12.0. The zero-order chi connectivity index (χ0) is 18.7. The van der Waals surface area contributed by atoms with Gasteiger partial charge in [0.2, 0.25) is 0 Å².